The monoisotopic (exact) mass is 1110 g/mol. The molecule has 0 radical (unpaired) electrons. The van der Waals surface area contributed by atoms with Crippen LogP contribution >= 0.6 is 0 Å². The van der Waals surface area contributed by atoms with Crippen LogP contribution in [-0.2, 0) is 37.9 Å². The first-order valence-electron chi connectivity index (χ1n) is 27.8. The van der Waals surface area contributed by atoms with Crippen LogP contribution in [-0.4, -0.2) is 211 Å². The van der Waals surface area contributed by atoms with Crippen molar-refractivity contribution >= 4 is 0 Å². The van der Waals surface area contributed by atoms with E-state index in [1.54, 1.807) is 13.8 Å². The van der Waals surface area contributed by atoms with E-state index in [1.807, 2.05) is 69.2 Å². The minimum atomic E-state index is -2.41. The summed E-state index contributed by atoms with van der Waals surface area (Å²) in [4.78, 5) is 0. The molecule has 0 aromatic heterocycles. The van der Waals surface area contributed by atoms with Gasteiger partial charge in [-0.3, -0.25) is 0 Å². The van der Waals surface area contributed by atoms with Gasteiger partial charge in [-0.15, -0.1) is 0 Å². The Morgan fingerprint density at radius 3 is 1.47 bits per heavy atom. The van der Waals surface area contributed by atoms with Crippen molar-refractivity contribution in [3.05, 3.63) is 23.4 Å². The standard InChI is InChI=1S/C54H98O23/c1-24(2)13-17-31-30(55)22-36(56)75-47-46(65)54(69)52(77-53(47,54)23-29(11)12)74-34(20-16-27(7)8)39(59)42(62)49(67)70-32(18-14-25(3)4)37(57)41(61)48(66)71-33(19-15-26(5)6)38(58)43(63)50(68)76-45-35(21-28(9)10)73-51(72-31)44(64)40(45)60/h22,24-29,31-38,40-41,43-52,55-69H,13-21,23H2,1-12H3/b30-22+,42-39-. The lowest BCUT2D eigenvalue weighted by Gasteiger charge is -2.73. The van der Waals surface area contributed by atoms with Gasteiger partial charge in [0.2, 0.25) is 6.29 Å². The van der Waals surface area contributed by atoms with E-state index < -0.39 is 152 Å². The van der Waals surface area contributed by atoms with Crippen molar-refractivity contribution in [1.29, 1.82) is 0 Å². The molecule has 2 saturated heterocycles. The summed E-state index contributed by atoms with van der Waals surface area (Å²) in [7, 11) is 0. The second kappa shape index (κ2) is 29.4. The molecule has 1 aliphatic carbocycles. The normalized spacial score (nSPS) is 43.4. The Bertz CT molecular complexity index is 1820. The summed E-state index contributed by atoms with van der Waals surface area (Å²) in [6.45, 7) is 22.1. The maximum Gasteiger partial charge on any atom is 0.217 e. The van der Waals surface area contributed by atoms with Crippen molar-refractivity contribution in [3.8, 4) is 0 Å². The Kier molecular flexibility index (Phi) is 25.8. The van der Waals surface area contributed by atoms with Crippen LogP contribution < -0.4 is 0 Å². The third kappa shape index (κ3) is 16.9. The SMILES string of the molecule is CC(C)CCC1OC2OC3(CC(C)C)C(OC(O)/C=C(/O)C(CCC(C)C)OC4OC(CC(C)C)C(OC(O)C(O)C(O)C(CCC(C)C)OC(O)C(O)C(O)C(CCC(C)C)OC(O)/C(O)=C\1O)C(O)C4O)C(O)C23O. The molecular formula is C54H98O23. The first kappa shape index (κ1) is 67.6. The van der Waals surface area contributed by atoms with Crippen molar-refractivity contribution in [1.82, 2.24) is 0 Å². The number of fused-ring (bicyclic) bond motifs is 20. The van der Waals surface area contributed by atoms with Crippen molar-refractivity contribution in [2.24, 2.45) is 35.5 Å². The average Bonchev–Trinajstić information content (AvgIpc) is 3.34. The molecule has 4 heterocycles. The van der Waals surface area contributed by atoms with Gasteiger partial charge in [-0.25, -0.2) is 0 Å². The van der Waals surface area contributed by atoms with Gasteiger partial charge in [-0.2, -0.15) is 0 Å². The van der Waals surface area contributed by atoms with Gasteiger partial charge in [-0.05, 0) is 99.7 Å². The topological polar surface area (TPSA) is 377 Å². The quantitative estimate of drug-likeness (QED) is 0.105. The Labute approximate surface area is 454 Å². The fourth-order valence-corrected chi connectivity index (χ4v) is 10.4. The minimum Gasteiger partial charge on any atom is -0.510 e. The maximum atomic E-state index is 12.2. The van der Waals surface area contributed by atoms with Gasteiger partial charge in [0.1, 0.15) is 78.5 Å². The molecular weight excluding hydrogens is 1020 g/mol. The molecule has 0 spiro atoms. The molecule has 4 bridgehead atoms. The van der Waals surface area contributed by atoms with Crippen LogP contribution in [0.4, 0.5) is 0 Å². The predicted molar refractivity (Wildman–Crippen MR) is 275 cm³/mol. The number of aliphatic hydroxyl groups excluding tert-OH is 14. The Hall–Kier alpha value is -1.92. The summed E-state index contributed by atoms with van der Waals surface area (Å²) in [6.07, 6.45) is -34.7. The molecule has 0 aromatic rings. The molecule has 0 amide bonds. The lowest BCUT2D eigenvalue weighted by molar-refractivity contribution is -0.532. The maximum absolute atomic E-state index is 12.2. The average molecular weight is 1120 g/mol. The van der Waals surface area contributed by atoms with E-state index in [1.165, 1.54) is 0 Å². The number of ether oxygens (including phenoxy) is 8. The predicted octanol–water partition coefficient (Wildman–Crippen LogP) is 2.28. The summed E-state index contributed by atoms with van der Waals surface area (Å²) in [5.74, 6) is -3.17. The van der Waals surface area contributed by atoms with Crippen molar-refractivity contribution in [2.75, 3.05) is 0 Å². The van der Waals surface area contributed by atoms with Gasteiger partial charge in [0, 0.05) is 6.08 Å². The van der Waals surface area contributed by atoms with Gasteiger partial charge in [0.05, 0.1) is 18.3 Å². The minimum absolute atomic E-state index is 0.00716. The molecule has 1 saturated carbocycles. The van der Waals surface area contributed by atoms with Crippen LogP contribution in [0.5, 0.6) is 0 Å². The van der Waals surface area contributed by atoms with Gasteiger partial charge in [0.25, 0.3) is 0 Å². The van der Waals surface area contributed by atoms with E-state index in [9.17, 15) is 76.6 Å². The third-order valence-corrected chi connectivity index (χ3v) is 15.0. The molecule has 0 aromatic carbocycles. The molecule has 22 unspecified atom stereocenters. The highest BCUT2D eigenvalue weighted by Gasteiger charge is 2.85. The van der Waals surface area contributed by atoms with E-state index in [2.05, 4.69) is 0 Å². The van der Waals surface area contributed by atoms with Crippen LogP contribution in [0.3, 0.4) is 0 Å². The van der Waals surface area contributed by atoms with Crippen molar-refractivity contribution < 1.29 is 114 Å². The van der Waals surface area contributed by atoms with Crippen molar-refractivity contribution in [3.63, 3.8) is 0 Å². The molecule has 22 atom stereocenters. The van der Waals surface area contributed by atoms with Crippen LogP contribution in [0.2, 0.25) is 0 Å². The van der Waals surface area contributed by atoms with E-state index in [0.29, 0.717) is 25.7 Å². The fourth-order valence-electron chi connectivity index (χ4n) is 10.4. The Morgan fingerprint density at radius 1 is 0.468 bits per heavy atom. The first-order valence-corrected chi connectivity index (χ1v) is 27.8. The summed E-state index contributed by atoms with van der Waals surface area (Å²) in [6, 6.07) is 0. The molecule has 452 valence electrons. The van der Waals surface area contributed by atoms with E-state index in [-0.39, 0.29) is 74.0 Å². The second-order valence-electron chi connectivity index (χ2n) is 24.4. The van der Waals surface area contributed by atoms with Gasteiger partial charge >= 0.3 is 0 Å². The van der Waals surface area contributed by atoms with Crippen molar-refractivity contribution in [2.45, 2.75) is 282 Å². The molecule has 23 heteroatoms. The lowest BCUT2D eigenvalue weighted by Crippen LogP contribution is -2.95. The first-order chi connectivity index (χ1) is 35.8. The third-order valence-electron chi connectivity index (χ3n) is 15.0. The summed E-state index contributed by atoms with van der Waals surface area (Å²) in [5.41, 5.74) is -3.98. The highest BCUT2D eigenvalue weighted by atomic mass is 16.8. The molecule has 5 aliphatic rings. The number of hydrogen-bond acceptors (Lipinski definition) is 23. The highest BCUT2D eigenvalue weighted by molar-refractivity contribution is 5.32. The highest BCUT2D eigenvalue weighted by Crippen LogP contribution is 2.62. The van der Waals surface area contributed by atoms with Crippen LogP contribution in [0.1, 0.15) is 147 Å². The molecule has 15 N–H and O–H groups in total. The zero-order valence-electron chi connectivity index (χ0n) is 47.1. The second-order valence-corrected chi connectivity index (χ2v) is 24.4. The summed E-state index contributed by atoms with van der Waals surface area (Å²) in [5, 5.41) is 173. The van der Waals surface area contributed by atoms with Crippen LogP contribution in [0.15, 0.2) is 23.4 Å². The Balaban J connectivity index is 1.83. The molecule has 4 aliphatic heterocycles. The van der Waals surface area contributed by atoms with Gasteiger partial charge < -0.3 is 114 Å². The summed E-state index contributed by atoms with van der Waals surface area (Å²) < 4.78 is 47.8. The van der Waals surface area contributed by atoms with E-state index in [4.69, 9.17) is 37.9 Å². The van der Waals surface area contributed by atoms with Gasteiger partial charge in [0.15, 0.2) is 48.6 Å². The molecule has 23 nitrogen and oxygen atoms in total. The largest absolute Gasteiger partial charge is 0.510 e. The molecule has 5 rings (SSSR count). The van der Waals surface area contributed by atoms with Crippen LogP contribution in [0, 0.1) is 35.5 Å². The van der Waals surface area contributed by atoms with Gasteiger partial charge in [-0.1, -0.05) is 83.1 Å². The number of rotatable bonds is 16. The van der Waals surface area contributed by atoms with E-state index >= 15 is 0 Å². The number of hydrogen-bond donors (Lipinski definition) is 15. The molecule has 3 fully saturated rings. The number of aliphatic hydroxyl groups is 15. The lowest BCUT2D eigenvalue weighted by atomic mass is 9.53. The zero-order valence-corrected chi connectivity index (χ0v) is 47.1. The Morgan fingerprint density at radius 2 is 0.961 bits per heavy atom. The van der Waals surface area contributed by atoms with E-state index in [0.717, 1.165) is 6.08 Å². The summed E-state index contributed by atoms with van der Waals surface area (Å²) >= 11 is 0. The smallest absolute Gasteiger partial charge is 0.217 e. The molecule has 77 heavy (non-hydrogen) atoms. The zero-order chi connectivity index (χ0) is 58.2. The fraction of sp³-hybridized carbons (Fsp3) is 0.926. The van der Waals surface area contributed by atoms with Crippen LogP contribution in [0.25, 0.3) is 0 Å².